The van der Waals surface area contributed by atoms with Crippen LogP contribution in [0.15, 0.2) is 47.4 Å². The lowest BCUT2D eigenvalue weighted by Crippen LogP contribution is -2.32. The summed E-state index contributed by atoms with van der Waals surface area (Å²) in [5, 5.41) is 2.82. The zero-order valence-electron chi connectivity index (χ0n) is 13.9. The van der Waals surface area contributed by atoms with Gasteiger partial charge < -0.3 is 5.32 Å². The van der Waals surface area contributed by atoms with E-state index < -0.39 is 10.0 Å². The lowest BCUT2D eigenvalue weighted by molar-refractivity contribution is -0.117. The van der Waals surface area contributed by atoms with Gasteiger partial charge in [-0.25, -0.2) is 8.42 Å². The first-order chi connectivity index (χ1) is 11.2. The van der Waals surface area contributed by atoms with E-state index in [-0.39, 0.29) is 16.2 Å². The molecule has 3 rings (SSSR count). The van der Waals surface area contributed by atoms with Gasteiger partial charge in [0.05, 0.1) is 10.6 Å². The SMILES string of the molecule is Cc1ccc(S(=O)(=O)Nc2ccc3c(c2)NC(=O)CC3(C)C)cc1. The molecule has 0 aromatic heterocycles. The van der Waals surface area contributed by atoms with Crippen molar-refractivity contribution in [2.45, 2.75) is 37.5 Å². The number of hydrogen-bond acceptors (Lipinski definition) is 3. The van der Waals surface area contributed by atoms with E-state index in [0.29, 0.717) is 17.8 Å². The van der Waals surface area contributed by atoms with Crippen LogP contribution < -0.4 is 10.0 Å². The third-order valence-electron chi connectivity index (χ3n) is 4.21. The van der Waals surface area contributed by atoms with Crippen LogP contribution in [0, 0.1) is 6.92 Å². The van der Waals surface area contributed by atoms with E-state index in [0.717, 1.165) is 11.1 Å². The fourth-order valence-electron chi connectivity index (χ4n) is 2.92. The topological polar surface area (TPSA) is 75.3 Å². The number of carbonyl (C=O) groups is 1. The van der Waals surface area contributed by atoms with Crippen molar-refractivity contribution in [3.8, 4) is 0 Å². The molecule has 2 aromatic carbocycles. The van der Waals surface area contributed by atoms with E-state index in [1.807, 2.05) is 26.8 Å². The number of benzene rings is 2. The summed E-state index contributed by atoms with van der Waals surface area (Å²) in [6, 6.07) is 11.9. The maximum Gasteiger partial charge on any atom is 0.261 e. The van der Waals surface area contributed by atoms with E-state index >= 15 is 0 Å². The number of amides is 1. The average molecular weight is 344 g/mol. The van der Waals surface area contributed by atoms with Gasteiger partial charge in [0.15, 0.2) is 0 Å². The highest BCUT2D eigenvalue weighted by atomic mass is 32.2. The van der Waals surface area contributed by atoms with Crippen LogP contribution >= 0.6 is 0 Å². The Morgan fingerprint density at radius 1 is 1.08 bits per heavy atom. The van der Waals surface area contributed by atoms with Gasteiger partial charge >= 0.3 is 0 Å². The fraction of sp³-hybridized carbons (Fsp3) is 0.278. The first kappa shape index (κ1) is 16.5. The smallest absolute Gasteiger partial charge is 0.261 e. The van der Waals surface area contributed by atoms with Crippen LogP contribution in [0.5, 0.6) is 0 Å². The minimum absolute atomic E-state index is 0.0639. The molecule has 0 bridgehead atoms. The molecule has 0 aliphatic carbocycles. The molecule has 0 saturated heterocycles. The maximum atomic E-state index is 12.5. The number of hydrogen-bond donors (Lipinski definition) is 2. The standard InChI is InChI=1S/C18H20N2O3S/c1-12-4-7-14(8-5-12)24(22,23)20-13-6-9-15-16(10-13)19-17(21)11-18(15,2)3/h4-10,20H,11H2,1-3H3,(H,19,21). The molecule has 0 radical (unpaired) electrons. The maximum absolute atomic E-state index is 12.5. The molecule has 0 atom stereocenters. The summed E-state index contributed by atoms with van der Waals surface area (Å²) in [6.07, 6.45) is 0.411. The van der Waals surface area contributed by atoms with Crippen molar-refractivity contribution in [3.05, 3.63) is 53.6 Å². The Labute approximate surface area is 142 Å². The largest absolute Gasteiger partial charge is 0.326 e. The van der Waals surface area contributed by atoms with E-state index in [1.165, 1.54) is 0 Å². The first-order valence-electron chi connectivity index (χ1n) is 7.71. The molecular weight excluding hydrogens is 324 g/mol. The zero-order valence-corrected chi connectivity index (χ0v) is 14.7. The predicted molar refractivity (Wildman–Crippen MR) is 94.7 cm³/mol. The Kier molecular flexibility index (Phi) is 3.87. The van der Waals surface area contributed by atoms with Crippen molar-refractivity contribution >= 4 is 27.3 Å². The average Bonchev–Trinajstić information content (AvgIpc) is 2.45. The van der Waals surface area contributed by atoms with Crippen molar-refractivity contribution in [1.29, 1.82) is 0 Å². The van der Waals surface area contributed by atoms with E-state index in [9.17, 15) is 13.2 Å². The van der Waals surface area contributed by atoms with Gasteiger partial charge in [0.1, 0.15) is 0 Å². The molecule has 0 unspecified atom stereocenters. The molecule has 24 heavy (non-hydrogen) atoms. The second-order valence-corrected chi connectivity index (χ2v) is 8.47. The van der Waals surface area contributed by atoms with Gasteiger partial charge in [0.2, 0.25) is 5.91 Å². The quantitative estimate of drug-likeness (QED) is 0.896. The highest BCUT2D eigenvalue weighted by Crippen LogP contribution is 2.38. The normalized spacial score (nSPS) is 16.2. The van der Waals surface area contributed by atoms with Crippen LogP contribution in [0.3, 0.4) is 0 Å². The zero-order chi connectivity index (χ0) is 17.5. The molecule has 6 heteroatoms. The summed E-state index contributed by atoms with van der Waals surface area (Å²) in [6.45, 7) is 5.90. The van der Waals surface area contributed by atoms with Crippen molar-refractivity contribution in [2.24, 2.45) is 0 Å². The lowest BCUT2D eigenvalue weighted by atomic mass is 9.78. The Hall–Kier alpha value is -2.34. The van der Waals surface area contributed by atoms with Gasteiger partial charge in [-0.2, -0.15) is 0 Å². The summed E-state index contributed by atoms with van der Waals surface area (Å²) in [7, 11) is -3.66. The molecule has 0 fully saturated rings. The van der Waals surface area contributed by atoms with Crippen LogP contribution in [0.2, 0.25) is 0 Å². The van der Waals surface area contributed by atoms with Gasteiger partial charge in [0, 0.05) is 17.5 Å². The summed E-state index contributed by atoms with van der Waals surface area (Å²) < 4.78 is 27.5. The van der Waals surface area contributed by atoms with Crippen molar-refractivity contribution in [3.63, 3.8) is 0 Å². The molecule has 0 saturated carbocycles. The first-order valence-corrected chi connectivity index (χ1v) is 9.20. The molecule has 1 aliphatic heterocycles. The molecule has 0 spiro atoms. The molecule has 1 aliphatic rings. The van der Waals surface area contributed by atoms with Gasteiger partial charge in [0.25, 0.3) is 10.0 Å². The molecular formula is C18H20N2O3S. The van der Waals surface area contributed by atoms with E-state index in [2.05, 4.69) is 10.0 Å². The predicted octanol–water partition coefficient (Wildman–Crippen LogP) is 3.42. The molecule has 5 nitrogen and oxygen atoms in total. The van der Waals surface area contributed by atoms with Crippen LogP contribution in [-0.4, -0.2) is 14.3 Å². The minimum atomic E-state index is -3.66. The highest BCUT2D eigenvalue weighted by molar-refractivity contribution is 7.92. The monoisotopic (exact) mass is 344 g/mol. The Morgan fingerprint density at radius 3 is 2.42 bits per heavy atom. The lowest BCUT2D eigenvalue weighted by Gasteiger charge is -2.32. The summed E-state index contributed by atoms with van der Waals surface area (Å²) in [5.41, 5.74) is 2.80. The van der Waals surface area contributed by atoms with Crippen molar-refractivity contribution < 1.29 is 13.2 Å². The van der Waals surface area contributed by atoms with Crippen molar-refractivity contribution in [2.75, 3.05) is 10.0 Å². The third-order valence-corrected chi connectivity index (χ3v) is 5.61. The molecule has 126 valence electrons. The minimum Gasteiger partial charge on any atom is -0.326 e. The van der Waals surface area contributed by atoms with Crippen LogP contribution in [0.25, 0.3) is 0 Å². The number of nitrogens with one attached hydrogen (secondary N) is 2. The van der Waals surface area contributed by atoms with Gasteiger partial charge in [-0.15, -0.1) is 0 Å². The van der Waals surface area contributed by atoms with Gasteiger partial charge in [-0.05, 0) is 36.8 Å². The third kappa shape index (κ3) is 3.14. The summed E-state index contributed by atoms with van der Waals surface area (Å²) in [5.74, 6) is -0.0639. The van der Waals surface area contributed by atoms with Crippen molar-refractivity contribution in [1.82, 2.24) is 0 Å². The number of anilines is 2. The fourth-order valence-corrected chi connectivity index (χ4v) is 3.97. The second-order valence-electron chi connectivity index (χ2n) is 6.79. The number of fused-ring (bicyclic) bond motifs is 1. The van der Waals surface area contributed by atoms with E-state index in [1.54, 1.807) is 36.4 Å². The van der Waals surface area contributed by atoms with Gasteiger partial charge in [-0.1, -0.05) is 37.6 Å². The number of rotatable bonds is 3. The molecule has 2 aromatic rings. The molecule has 1 amide bonds. The molecule has 2 N–H and O–H groups in total. The summed E-state index contributed by atoms with van der Waals surface area (Å²) >= 11 is 0. The Bertz CT molecular complexity index is 900. The van der Waals surface area contributed by atoms with Crippen LogP contribution in [0.1, 0.15) is 31.4 Å². The molecule has 1 heterocycles. The van der Waals surface area contributed by atoms with Crippen LogP contribution in [0.4, 0.5) is 11.4 Å². The Balaban J connectivity index is 1.93. The number of sulfonamides is 1. The number of carbonyl (C=O) groups excluding carboxylic acids is 1. The number of aryl methyl sites for hydroxylation is 1. The highest BCUT2D eigenvalue weighted by Gasteiger charge is 2.32. The van der Waals surface area contributed by atoms with Crippen LogP contribution in [-0.2, 0) is 20.2 Å². The Morgan fingerprint density at radius 2 is 1.75 bits per heavy atom. The van der Waals surface area contributed by atoms with Gasteiger partial charge in [-0.3, -0.25) is 9.52 Å². The van der Waals surface area contributed by atoms with E-state index in [4.69, 9.17) is 0 Å². The summed E-state index contributed by atoms with van der Waals surface area (Å²) in [4.78, 5) is 12.0. The second kappa shape index (κ2) is 5.63.